The maximum Gasteiger partial charge on any atom is 0.258 e. The molecule has 0 unspecified atom stereocenters. The van der Waals surface area contributed by atoms with Crippen LogP contribution in [-0.2, 0) is 0 Å². The Balaban J connectivity index is 1.72. The minimum atomic E-state index is -0.600. The summed E-state index contributed by atoms with van der Waals surface area (Å²) in [6.07, 6.45) is 2.34. The molecule has 1 aliphatic carbocycles. The van der Waals surface area contributed by atoms with Crippen LogP contribution in [0.25, 0.3) is 0 Å². The fraction of sp³-hybridized carbons (Fsp3) is 0.278. The summed E-state index contributed by atoms with van der Waals surface area (Å²) in [4.78, 5) is 12.3. The molecule has 4 nitrogen and oxygen atoms in total. The van der Waals surface area contributed by atoms with Crippen LogP contribution in [0.1, 0.15) is 28.8 Å². The second-order valence-electron chi connectivity index (χ2n) is 5.87. The normalized spacial score (nSPS) is 13.7. The van der Waals surface area contributed by atoms with Crippen LogP contribution in [0.5, 0.6) is 5.75 Å². The van der Waals surface area contributed by atoms with E-state index in [1.54, 1.807) is 31.2 Å². The highest BCUT2D eigenvalue weighted by Crippen LogP contribution is 2.30. The van der Waals surface area contributed by atoms with E-state index in [-0.39, 0.29) is 5.56 Å². The van der Waals surface area contributed by atoms with E-state index in [9.17, 15) is 9.18 Å². The van der Waals surface area contributed by atoms with Crippen molar-refractivity contribution < 1.29 is 13.9 Å². The molecule has 1 saturated carbocycles. The maximum atomic E-state index is 14.2. The molecule has 0 radical (unpaired) electrons. The topological polar surface area (TPSA) is 64.3 Å². The van der Waals surface area contributed by atoms with Crippen LogP contribution in [0.15, 0.2) is 36.4 Å². The molecule has 2 aromatic rings. The van der Waals surface area contributed by atoms with Crippen LogP contribution >= 0.6 is 0 Å². The zero-order valence-corrected chi connectivity index (χ0v) is 12.9. The number of nitrogens with one attached hydrogen (secondary N) is 1. The minimum absolute atomic E-state index is 0.0226. The van der Waals surface area contributed by atoms with Crippen molar-refractivity contribution in [1.82, 2.24) is 0 Å². The standard InChI is InChI=1S/C18H19FN2O2/c1-11-16(20)3-2-4-17(11)21-18(22)14-8-7-13(9-15(14)19)23-10-12-5-6-12/h2-4,7-9,12H,5-6,10,20H2,1H3,(H,21,22). The first-order chi connectivity index (χ1) is 11.0. The van der Waals surface area contributed by atoms with Gasteiger partial charge in [0.25, 0.3) is 5.91 Å². The van der Waals surface area contributed by atoms with Gasteiger partial charge in [0.2, 0.25) is 0 Å². The fourth-order valence-electron chi connectivity index (χ4n) is 2.25. The number of anilines is 2. The third-order valence-electron chi connectivity index (χ3n) is 3.99. The molecule has 0 atom stereocenters. The van der Waals surface area contributed by atoms with E-state index < -0.39 is 11.7 Å². The molecule has 3 N–H and O–H groups in total. The van der Waals surface area contributed by atoms with Gasteiger partial charge < -0.3 is 15.8 Å². The first-order valence-corrected chi connectivity index (χ1v) is 7.63. The van der Waals surface area contributed by atoms with Gasteiger partial charge in [-0.05, 0) is 55.5 Å². The van der Waals surface area contributed by atoms with E-state index in [4.69, 9.17) is 10.5 Å². The molecule has 0 bridgehead atoms. The van der Waals surface area contributed by atoms with Gasteiger partial charge in [-0.2, -0.15) is 0 Å². The Labute approximate surface area is 134 Å². The largest absolute Gasteiger partial charge is 0.493 e. The van der Waals surface area contributed by atoms with Crippen molar-refractivity contribution in [1.29, 1.82) is 0 Å². The summed E-state index contributed by atoms with van der Waals surface area (Å²) in [5.41, 5.74) is 7.69. The van der Waals surface area contributed by atoms with Crippen molar-refractivity contribution in [3.63, 3.8) is 0 Å². The molecule has 1 amide bonds. The molecular formula is C18H19FN2O2. The Hall–Kier alpha value is -2.56. The summed E-state index contributed by atoms with van der Waals surface area (Å²) in [6.45, 7) is 2.41. The predicted molar refractivity (Wildman–Crippen MR) is 88.2 cm³/mol. The summed E-state index contributed by atoms with van der Waals surface area (Å²) in [5, 5.41) is 2.69. The van der Waals surface area contributed by atoms with Gasteiger partial charge in [0.1, 0.15) is 11.6 Å². The number of nitrogens with two attached hydrogens (primary N) is 1. The molecule has 0 spiro atoms. The molecule has 0 aromatic heterocycles. The lowest BCUT2D eigenvalue weighted by molar-refractivity contribution is 0.102. The number of benzene rings is 2. The number of ether oxygens (including phenoxy) is 1. The molecule has 3 rings (SSSR count). The van der Waals surface area contributed by atoms with Crippen molar-refractivity contribution >= 4 is 17.3 Å². The molecule has 5 heteroatoms. The lowest BCUT2D eigenvalue weighted by Gasteiger charge is -2.11. The highest BCUT2D eigenvalue weighted by molar-refractivity contribution is 6.05. The number of carbonyl (C=O) groups is 1. The maximum absolute atomic E-state index is 14.2. The number of hydrogen-bond acceptors (Lipinski definition) is 3. The van der Waals surface area contributed by atoms with Gasteiger partial charge in [0, 0.05) is 17.4 Å². The predicted octanol–water partition coefficient (Wildman–Crippen LogP) is 3.76. The second-order valence-corrected chi connectivity index (χ2v) is 5.87. The van der Waals surface area contributed by atoms with Crippen LogP contribution in [0.3, 0.4) is 0 Å². The molecule has 2 aromatic carbocycles. The SMILES string of the molecule is Cc1c(N)cccc1NC(=O)c1ccc(OCC2CC2)cc1F. The van der Waals surface area contributed by atoms with Gasteiger partial charge in [-0.1, -0.05) is 6.07 Å². The van der Waals surface area contributed by atoms with Crippen molar-refractivity contribution in [2.45, 2.75) is 19.8 Å². The van der Waals surface area contributed by atoms with E-state index in [2.05, 4.69) is 5.32 Å². The third kappa shape index (κ3) is 3.62. The first kappa shape index (κ1) is 15.3. The van der Waals surface area contributed by atoms with Crippen molar-refractivity contribution in [2.24, 2.45) is 5.92 Å². The fourth-order valence-corrected chi connectivity index (χ4v) is 2.25. The highest BCUT2D eigenvalue weighted by Gasteiger charge is 2.22. The van der Waals surface area contributed by atoms with Crippen molar-refractivity contribution in [2.75, 3.05) is 17.7 Å². The van der Waals surface area contributed by atoms with Gasteiger partial charge in [-0.25, -0.2) is 4.39 Å². The number of rotatable bonds is 5. The summed E-state index contributed by atoms with van der Waals surface area (Å²) < 4.78 is 19.7. The van der Waals surface area contributed by atoms with E-state index in [0.717, 1.165) is 5.56 Å². The summed E-state index contributed by atoms with van der Waals surface area (Å²) in [6, 6.07) is 9.53. The smallest absolute Gasteiger partial charge is 0.258 e. The molecule has 1 fully saturated rings. The van der Waals surface area contributed by atoms with Gasteiger partial charge >= 0.3 is 0 Å². The van der Waals surface area contributed by atoms with E-state index in [1.165, 1.54) is 25.0 Å². The zero-order valence-electron chi connectivity index (χ0n) is 12.9. The Kier molecular flexibility index (Phi) is 4.19. The quantitative estimate of drug-likeness (QED) is 0.826. The first-order valence-electron chi connectivity index (χ1n) is 7.63. The molecule has 120 valence electrons. The Morgan fingerprint density at radius 2 is 2.13 bits per heavy atom. The van der Waals surface area contributed by atoms with Crippen LogP contribution in [0, 0.1) is 18.7 Å². The molecular weight excluding hydrogens is 295 g/mol. The summed E-state index contributed by atoms with van der Waals surface area (Å²) in [7, 11) is 0. The number of amides is 1. The average Bonchev–Trinajstić information content (AvgIpc) is 3.34. The lowest BCUT2D eigenvalue weighted by Crippen LogP contribution is -2.15. The Morgan fingerprint density at radius 1 is 1.35 bits per heavy atom. The third-order valence-corrected chi connectivity index (χ3v) is 3.99. The van der Waals surface area contributed by atoms with Crippen LogP contribution in [-0.4, -0.2) is 12.5 Å². The number of carbonyl (C=O) groups excluding carboxylic acids is 1. The van der Waals surface area contributed by atoms with E-state index in [1.807, 2.05) is 0 Å². The second kappa shape index (κ2) is 6.28. The van der Waals surface area contributed by atoms with Gasteiger partial charge in [0.05, 0.1) is 12.2 Å². The van der Waals surface area contributed by atoms with Crippen LogP contribution in [0.2, 0.25) is 0 Å². The zero-order chi connectivity index (χ0) is 16.4. The van der Waals surface area contributed by atoms with Crippen molar-refractivity contribution in [3.8, 4) is 5.75 Å². The molecule has 0 heterocycles. The Bertz CT molecular complexity index is 742. The highest BCUT2D eigenvalue weighted by atomic mass is 19.1. The van der Waals surface area contributed by atoms with Gasteiger partial charge in [-0.15, -0.1) is 0 Å². The number of halogens is 1. The van der Waals surface area contributed by atoms with Crippen LogP contribution < -0.4 is 15.8 Å². The molecule has 0 saturated heterocycles. The number of nitrogen functional groups attached to an aromatic ring is 1. The summed E-state index contributed by atoms with van der Waals surface area (Å²) in [5.74, 6) is -0.0686. The molecule has 0 aliphatic heterocycles. The molecule has 23 heavy (non-hydrogen) atoms. The lowest BCUT2D eigenvalue weighted by atomic mass is 10.1. The monoisotopic (exact) mass is 314 g/mol. The van der Waals surface area contributed by atoms with E-state index in [0.29, 0.717) is 29.6 Å². The summed E-state index contributed by atoms with van der Waals surface area (Å²) >= 11 is 0. The Morgan fingerprint density at radius 3 is 2.83 bits per heavy atom. The minimum Gasteiger partial charge on any atom is -0.493 e. The molecule has 1 aliphatic rings. The average molecular weight is 314 g/mol. The number of hydrogen-bond donors (Lipinski definition) is 2. The van der Waals surface area contributed by atoms with E-state index >= 15 is 0 Å². The van der Waals surface area contributed by atoms with Gasteiger partial charge in [-0.3, -0.25) is 4.79 Å². The van der Waals surface area contributed by atoms with Crippen LogP contribution in [0.4, 0.5) is 15.8 Å². The van der Waals surface area contributed by atoms with Gasteiger partial charge in [0.15, 0.2) is 0 Å². The van der Waals surface area contributed by atoms with Crippen molar-refractivity contribution in [3.05, 3.63) is 53.3 Å².